The van der Waals surface area contributed by atoms with Gasteiger partial charge in [-0.2, -0.15) is 5.26 Å². The van der Waals surface area contributed by atoms with Crippen molar-refractivity contribution in [1.29, 1.82) is 5.26 Å². The molecule has 0 bridgehead atoms. The van der Waals surface area contributed by atoms with Crippen LogP contribution in [0.1, 0.15) is 34.5 Å². The fraction of sp³-hybridized carbons (Fsp3) is 0.250. The maximum Gasteiger partial charge on any atom is 0.259 e. The van der Waals surface area contributed by atoms with Gasteiger partial charge in [-0.15, -0.1) is 0 Å². The number of aryl methyl sites for hydroxylation is 1. The van der Waals surface area contributed by atoms with E-state index >= 15 is 0 Å². The number of hydrogen-bond donors (Lipinski definition) is 2. The van der Waals surface area contributed by atoms with Crippen LogP contribution in [-0.4, -0.2) is 21.9 Å². The van der Waals surface area contributed by atoms with Crippen LogP contribution in [0.3, 0.4) is 0 Å². The van der Waals surface area contributed by atoms with E-state index in [1.165, 1.54) is 12.5 Å². The molecule has 0 spiro atoms. The molecule has 1 aliphatic carbocycles. The molecule has 1 aromatic carbocycles. The first-order valence-corrected chi connectivity index (χ1v) is 7.06. The van der Waals surface area contributed by atoms with E-state index in [0.717, 1.165) is 18.5 Å². The number of anilines is 2. The standard InChI is InChI=1S/C16H15N5O/c1-10-13(8-18-9-19-10)16(22)21-14-5-2-11(7-17)6-15(14)20-12-3-4-12/h2,5-6,8-9,12,20H,3-4H2,1H3,(H,21,22). The van der Waals surface area contributed by atoms with Gasteiger partial charge in [-0.3, -0.25) is 4.79 Å². The molecule has 1 heterocycles. The van der Waals surface area contributed by atoms with Gasteiger partial charge in [-0.25, -0.2) is 9.97 Å². The SMILES string of the molecule is Cc1ncncc1C(=O)Nc1ccc(C#N)cc1NC1CC1. The summed E-state index contributed by atoms with van der Waals surface area (Å²) in [5.74, 6) is -0.262. The number of benzene rings is 1. The van der Waals surface area contributed by atoms with Gasteiger partial charge in [0.2, 0.25) is 0 Å². The van der Waals surface area contributed by atoms with Crippen molar-refractivity contribution in [1.82, 2.24) is 9.97 Å². The third-order valence-electron chi connectivity index (χ3n) is 3.49. The van der Waals surface area contributed by atoms with Gasteiger partial charge in [0.25, 0.3) is 5.91 Å². The quantitative estimate of drug-likeness (QED) is 0.903. The van der Waals surface area contributed by atoms with E-state index in [9.17, 15) is 4.79 Å². The third kappa shape index (κ3) is 3.04. The van der Waals surface area contributed by atoms with Gasteiger partial charge in [0.05, 0.1) is 34.3 Å². The first-order valence-electron chi connectivity index (χ1n) is 7.06. The number of aromatic nitrogens is 2. The monoisotopic (exact) mass is 293 g/mol. The van der Waals surface area contributed by atoms with Crippen molar-refractivity contribution >= 4 is 17.3 Å². The summed E-state index contributed by atoms with van der Waals surface area (Å²) in [6.45, 7) is 1.76. The minimum Gasteiger partial charge on any atom is -0.381 e. The molecule has 2 N–H and O–H groups in total. The Labute approximate surface area is 128 Å². The molecule has 0 radical (unpaired) electrons. The fourth-order valence-corrected chi connectivity index (χ4v) is 2.09. The second-order valence-electron chi connectivity index (χ2n) is 5.27. The van der Waals surface area contributed by atoms with Crippen molar-refractivity contribution in [2.45, 2.75) is 25.8 Å². The van der Waals surface area contributed by atoms with E-state index in [1.54, 1.807) is 25.1 Å². The average molecular weight is 293 g/mol. The summed E-state index contributed by atoms with van der Waals surface area (Å²) in [6.07, 6.45) is 5.12. The van der Waals surface area contributed by atoms with Crippen LogP contribution in [0.5, 0.6) is 0 Å². The highest BCUT2D eigenvalue weighted by atomic mass is 16.1. The summed E-state index contributed by atoms with van der Waals surface area (Å²) in [5, 5.41) is 15.2. The van der Waals surface area contributed by atoms with Crippen molar-refractivity contribution in [2.75, 3.05) is 10.6 Å². The maximum atomic E-state index is 12.4. The number of carbonyl (C=O) groups is 1. The predicted molar refractivity (Wildman–Crippen MR) is 82.5 cm³/mol. The van der Waals surface area contributed by atoms with Crippen molar-refractivity contribution in [3.05, 3.63) is 47.5 Å². The van der Waals surface area contributed by atoms with Crippen LogP contribution in [-0.2, 0) is 0 Å². The van der Waals surface area contributed by atoms with Gasteiger partial charge in [0, 0.05) is 12.2 Å². The van der Waals surface area contributed by atoms with Crippen LogP contribution in [0.25, 0.3) is 0 Å². The highest BCUT2D eigenvalue weighted by Crippen LogP contribution is 2.30. The van der Waals surface area contributed by atoms with E-state index in [0.29, 0.717) is 28.6 Å². The summed E-state index contributed by atoms with van der Waals surface area (Å²) in [7, 11) is 0. The van der Waals surface area contributed by atoms with Gasteiger partial charge in [0.1, 0.15) is 6.33 Å². The van der Waals surface area contributed by atoms with E-state index in [4.69, 9.17) is 5.26 Å². The molecule has 2 aromatic rings. The van der Waals surface area contributed by atoms with Crippen LogP contribution in [0.4, 0.5) is 11.4 Å². The highest BCUT2D eigenvalue weighted by molar-refractivity contribution is 6.06. The molecule has 3 rings (SSSR count). The summed E-state index contributed by atoms with van der Waals surface area (Å²) in [5.41, 5.74) is 3.03. The largest absolute Gasteiger partial charge is 0.381 e. The molecule has 1 aromatic heterocycles. The van der Waals surface area contributed by atoms with E-state index in [-0.39, 0.29) is 5.91 Å². The Morgan fingerprint density at radius 3 is 2.86 bits per heavy atom. The van der Waals surface area contributed by atoms with Gasteiger partial charge in [-0.1, -0.05) is 0 Å². The Hall–Kier alpha value is -2.94. The molecule has 0 saturated heterocycles. The van der Waals surface area contributed by atoms with Crippen molar-refractivity contribution in [3.8, 4) is 6.07 Å². The Bertz CT molecular complexity index is 761. The lowest BCUT2D eigenvalue weighted by atomic mass is 10.1. The fourth-order valence-electron chi connectivity index (χ4n) is 2.09. The highest BCUT2D eigenvalue weighted by Gasteiger charge is 2.22. The molecule has 22 heavy (non-hydrogen) atoms. The number of nitriles is 1. The average Bonchev–Trinajstić information content (AvgIpc) is 3.33. The lowest BCUT2D eigenvalue weighted by molar-refractivity contribution is 0.102. The molecule has 1 aliphatic rings. The molecular weight excluding hydrogens is 278 g/mol. The molecule has 1 fully saturated rings. The van der Waals surface area contributed by atoms with Crippen LogP contribution in [0, 0.1) is 18.3 Å². The molecule has 6 nitrogen and oxygen atoms in total. The van der Waals surface area contributed by atoms with Gasteiger partial charge >= 0.3 is 0 Å². The lowest BCUT2D eigenvalue weighted by Crippen LogP contribution is -2.16. The predicted octanol–water partition coefficient (Wildman–Crippen LogP) is 2.48. The van der Waals surface area contributed by atoms with Gasteiger partial charge in [-0.05, 0) is 38.0 Å². The van der Waals surface area contributed by atoms with Crippen LogP contribution in [0.2, 0.25) is 0 Å². The molecule has 1 saturated carbocycles. The topological polar surface area (TPSA) is 90.7 Å². The molecule has 1 amide bonds. The third-order valence-corrected chi connectivity index (χ3v) is 3.49. The van der Waals surface area contributed by atoms with Crippen molar-refractivity contribution in [2.24, 2.45) is 0 Å². The zero-order valence-electron chi connectivity index (χ0n) is 12.1. The van der Waals surface area contributed by atoms with E-state index in [2.05, 4.69) is 26.7 Å². The van der Waals surface area contributed by atoms with E-state index in [1.807, 2.05) is 0 Å². The molecular formula is C16H15N5O. The first-order chi connectivity index (χ1) is 10.7. The summed E-state index contributed by atoms with van der Waals surface area (Å²) in [6, 6.07) is 7.70. The summed E-state index contributed by atoms with van der Waals surface area (Å²) < 4.78 is 0. The Kier molecular flexibility index (Phi) is 3.71. The molecule has 0 atom stereocenters. The Morgan fingerprint density at radius 1 is 1.36 bits per heavy atom. The Morgan fingerprint density at radius 2 is 2.18 bits per heavy atom. The second-order valence-corrected chi connectivity index (χ2v) is 5.27. The number of nitrogens with one attached hydrogen (secondary N) is 2. The zero-order valence-corrected chi connectivity index (χ0v) is 12.1. The Balaban J connectivity index is 1.86. The number of nitrogens with zero attached hydrogens (tertiary/aromatic N) is 3. The number of rotatable bonds is 4. The smallest absolute Gasteiger partial charge is 0.259 e. The summed E-state index contributed by atoms with van der Waals surface area (Å²) >= 11 is 0. The molecule has 110 valence electrons. The normalized spacial score (nSPS) is 13.3. The minimum absolute atomic E-state index is 0.262. The van der Waals surface area contributed by atoms with Crippen LogP contribution < -0.4 is 10.6 Å². The van der Waals surface area contributed by atoms with Crippen LogP contribution >= 0.6 is 0 Å². The minimum atomic E-state index is -0.262. The maximum absolute atomic E-state index is 12.4. The molecule has 6 heteroatoms. The van der Waals surface area contributed by atoms with Crippen molar-refractivity contribution in [3.63, 3.8) is 0 Å². The zero-order chi connectivity index (χ0) is 15.5. The van der Waals surface area contributed by atoms with Crippen LogP contribution in [0.15, 0.2) is 30.7 Å². The van der Waals surface area contributed by atoms with Gasteiger partial charge < -0.3 is 10.6 Å². The van der Waals surface area contributed by atoms with Gasteiger partial charge in [0.15, 0.2) is 0 Å². The first kappa shape index (κ1) is 14.0. The number of amides is 1. The van der Waals surface area contributed by atoms with E-state index < -0.39 is 0 Å². The summed E-state index contributed by atoms with van der Waals surface area (Å²) in [4.78, 5) is 20.3. The number of hydrogen-bond acceptors (Lipinski definition) is 5. The molecule has 0 unspecified atom stereocenters. The van der Waals surface area contributed by atoms with Crippen molar-refractivity contribution < 1.29 is 4.79 Å². The number of carbonyl (C=O) groups excluding carboxylic acids is 1. The lowest BCUT2D eigenvalue weighted by Gasteiger charge is -2.13. The second kappa shape index (κ2) is 5.82. The molecule has 0 aliphatic heterocycles.